The fourth-order valence-electron chi connectivity index (χ4n) is 3.71. The van der Waals surface area contributed by atoms with E-state index in [4.69, 9.17) is 5.11 Å². The van der Waals surface area contributed by atoms with Gasteiger partial charge in [-0.3, -0.25) is 4.79 Å². The first-order chi connectivity index (χ1) is 13.8. The predicted octanol–water partition coefficient (Wildman–Crippen LogP) is 2.14. The van der Waals surface area contributed by atoms with Crippen LogP contribution in [-0.2, 0) is 22.4 Å². The number of carboxylic acid groups (broad SMARTS) is 2. The Morgan fingerprint density at radius 1 is 1.21 bits per heavy atom. The molecule has 1 aliphatic carbocycles. The van der Waals surface area contributed by atoms with Crippen LogP contribution in [0.3, 0.4) is 0 Å². The van der Waals surface area contributed by atoms with Crippen molar-refractivity contribution in [2.24, 2.45) is 5.92 Å². The van der Waals surface area contributed by atoms with Crippen molar-refractivity contribution in [1.82, 2.24) is 15.0 Å². The number of fused-ring (bicyclic) bond motifs is 2. The largest absolute Gasteiger partial charge is 0.508 e. The van der Waals surface area contributed by atoms with E-state index >= 15 is 0 Å². The molecule has 29 heavy (non-hydrogen) atoms. The molecule has 1 aliphatic rings. The third-order valence-corrected chi connectivity index (χ3v) is 5.10. The van der Waals surface area contributed by atoms with Crippen molar-refractivity contribution in [3.63, 3.8) is 0 Å². The molecule has 3 aromatic rings. The average Bonchev–Trinajstić information content (AvgIpc) is 3.28. The van der Waals surface area contributed by atoms with Gasteiger partial charge >= 0.3 is 11.9 Å². The van der Waals surface area contributed by atoms with Crippen LogP contribution in [-0.4, -0.2) is 48.0 Å². The predicted molar refractivity (Wildman–Crippen MR) is 102 cm³/mol. The van der Waals surface area contributed by atoms with E-state index in [0.29, 0.717) is 47.7 Å². The molecule has 0 fully saturated rings. The Balaban J connectivity index is 1.62. The second-order valence-corrected chi connectivity index (χ2v) is 6.95. The summed E-state index contributed by atoms with van der Waals surface area (Å²) >= 11 is 0. The number of hydrogen-bond acceptors (Lipinski definition) is 5. The lowest BCUT2D eigenvalue weighted by Gasteiger charge is -2.19. The summed E-state index contributed by atoms with van der Waals surface area (Å²) in [6, 6.07) is 4.77. The average molecular weight is 395 g/mol. The minimum Gasteiger partial charge on any atom is -0.508 e. The summed E-state index contributed by atoms with van der Waals surface area (Å²) in [5.41, 5.74) is 2.05. The van der Waals surface area contributed by atoms with E-state index in [1.807, 2.05) is 0 Å². The Kier molecular flexibility index (Phi) is 4.42. The van der Waals surface area contributed by atoms with Gasteiger partial charge in [-0.1, -0.05) is 0 Å². The second kappa shape index (κ2) is 6.93. The molecule has 9 heteroatoms. The molecule has 4 rings (SSSR count). The number of phenols is 1. The summed E-state index contributed by atoms with van der Waals surface area (Å²) in [6.07, 6.45) is 3.57. The fraction of sp³-hybridized carbons (Fsp3) is 0.200. The molecule has 0 amide bonds. The van der Waals surface area contributed by atoms with Gasteiger partial charge in [0, 0.05) is 46.8 Å². The molecule has 2 aromatic heterocycles. The number of hydrogen-bond donors (Lipinski definition) is 5. The van der Waals surface area contributed by atoms with Crippen molar-refractivity contribution in [3.8, 4) is 5.75 Å². The number of imidazole rings is 1. The van der Waals surface area contributed by atoms with Gasteiger partial charge in [-0.25, -0.2) is 14.6 Å². The standard InChI is InChI=1S/C20H17N3O6/c24-10-2-4-14-11(6-10)13(8-21-14)18(27)9-1-3-15-16(5-9)23-19(22-15)12(20(28)29)7-17(25)26/h2,4,6-9,21,24H,1,3,5H2,(H,22,23)(H,25,26)(H,28,29)/b12-7-. The van der Waals surface area contributed by atoms with Crippen LogP contribution >= 0.6 is 0 Å². The quantitative estimate of drug-likeness (QED) is 0.327. The first-order valence-corrected chi connectivity index (χ1v) is 8.94. The monoisotopic (exact) mass is 395 g/mol. The first kappa shape index (κ1) is 18.5. The van der Waals surface area contributed by atoms with E-state index in [1.165, 1.54) is 12.1 Å². The lowest BCUT2D eigenvalue weighted by molar-refractivity contribution is -0.133. The number of aromatic nitrogens is 3. The zero-order chi connectivity index (χ0) is 20.7. The van der Waals surface area contributed by atoms with Crippen LogP contribution in [0, 0.1) is 5.92 Å². The van der Waals surface area contributed by atoms with E-state index in [9.17, 15) is 24.6 Å². The van der Waals surface area contributed by atoms with Crippen LogP contribution in [0.2, 0.25) is 0 Å². The van der Waals surface area contributed by atoms with Crippen LogP contribution in [0.25, 0.3) is 16.5 Å². The van der Waals surface area contributed by atoms with E-state index < -0.39 is 17.5 Å². The summed E-state index contributed by atoms with van der Waals surface area (Å²) in [5.74, 6) is -3.18. The van der Waals surface area contributed by atoms with Gasteiger partial charge in [0.1, 0.15) is 17.1 Å². The molecule has 5 N–H and O–H groups in total. The first-order valence-electron chi connectivity index (χ1n) is 8.94. The maximum absolute atomic E-state index is 13.1. The number of carboxylic acids is 2. The highest BCUT2D eigenvalue weighted by Gasteiger charge is 2.30. The van der Waals surface area contributed by atoms with Gasteiger partial charge in [-0.15, -0.1) is 0 Å². The Hall–Kier alpha value is -3.88. The van der Waals surface area contributed by atoms with Crippen molar-refractivity contribution >= 4 is 34.2 Å². The van der Waals surface area contributed by atoms with Crippen LogP contribution in [0.1, 0.15) is 34.0 Å². The number of carbonyl (C=O) groups excluding carboxylic acids is 1. The molecule has 148 valence electrons. The van der Waals surface area contributed by atoms with Gasteiger partial charge in [-0.05, 0) is 31.0 Å². The van der Waals surface area contributed by atoms with E-state index in [-0.39, 0.29) is 23.3 Å². The number of aliphatic carboxylic acids is 2. The molecule has 0 saturated heterocycles. The van der Waals surface area contributed by atoms with Gasteiger partial charge in [0.25, 0.3) is 0 Å². The molecular formula is C20H17N3O6. The van der Waals surface area contributed by atoms with Gasteiger partial charge in [0.2, 0.25) is 0 Å². The van der Waals surface area contributed by atoms with E-state index in [2.05, 4.69) is 15.0 Å². The fourth-order valence-corrected chi connectivity index (χ4v) is 3.71. The number of nitrogens with zero attached hydrogens (tertiary/aromatic N) is 1. The minimum atomic E-state index is -1.40. The molecule has 9 nitrogen and oxygen atoms in total. The number of ketones is 1. The number of aryl methyl sites for hydroxylation is 1. The number of aromatic amines is 2. The molecule has 1 aromatic carbocycles. The number of Topliss-reactive ketones (excluding diaryl/α,β-unsaturated/α-hetero) is 1. The van der Waals surface area contributed by atoms with Gasteiger partial charge in [-0.2, -0.15) is 0 Å². The molecule has 0 radical (unpaired) electrons. The number of carbonyl (C=O) groups is 3. The number of benzene rings is 1. The van der Waals surface area contributed by atoms with E-state index in [1.54, 1.807) is 12.3 Å². The van der Waals surface area contributed by atoms with Crippen molar-refractivity contribution in [2.75, 3.05) is 0 Å². The smallest absolute Gasteiger partial charge is 0.339 e. The van der Waals surface area contributed by atoms with Crippen LogP contribution in [0.15, 0.2) is 30.5 Å². The highest BCUT2D eigenvalue weighted by molar-refractivity contribution is 6.18. The number of aromatic hydroxyl groups is 1. The number of phenolic OH excluding ortho intramolecular Hbond substituents is 1. The second-order valence-electron chi connectivity index (χ2n) is 6.95. The molecule has 0 spiro atoms. The number of H-pyrrole nitrogens is 2. The zero-order valence-electron chi connectivity index (χ0n) is 15.1. The topological polar surface area (TPSA) is 156 Å². The Morgan fingerprint density at radius 3 is 2.72 bits per heavy atom. The van der Waals surface area contributed by atoms with Crippen molar-refractivity contribution < 1.29 is 29.7 Å². The summed E-state index contributed by atoms with van der Waals surface area (Å²) < 4.78 is 0. The molecule has 0 aliphatic heterocycles. The third kappa shape index (κ3) is 3.38. The minimum absolute atomic E-state index is 0.0324. The highest BCUT2D eigenvalue weighted by Crippen LogP contribution is 2.31. The summed E-state index contributed by atoms with van der Waals surface area (Å²) in [6.45, 7) is 0. The maximum Gasteiger partial charge on any atom is 0.339 e. The number of rotatable bonds is 5. The Labute approximate surface area is 163 Å². The third-order valence-electron chi connectivity index (χ3n) is 5.10. The molecule has 1 atom stereocenters. The van der Waals surface area contributed by atoms with Crippen molar-refractivity contribution in [1.29, 1.82) is 0 Å². The Morgan fingerprint density at radius 2 is 2.00 bits per heavy atom. The van der Waals surface area contributed by atoms with Crippen molar-refractivity contribution in [2.45, 2.75) is 19.3 Å². The van der Waals surface area contributed by atoms with Gasteiger partial charge < -0.3 is 25.3 Å². The van der Waals surface area contributed by atoms with Gasteiger partial charge in [0.15, 0.2) is 5.78 Å². The van der Waals surface area contributed by atoms with E-state index in [0.717, 1.165) is 5.52 Å². The molecule has 2 heterocycles. The Bertz CT molecular complexity index is 1190. The van der Waals surface area contributed by atoms with Crippen LogP contribution < -0.4 is 0 Å². The highest BCUT2D eigenvalue weighted by atomic mass is 16.4. The molecular weight excluding hydrogens is 378 g/mol. The molecule has 0 saturated carbocycles. The molecule has 1 unspecified atom stereocenters. The lowest BCUT2D eigenvalue weighted by atomic mass is 9.84. The zero-order valence-corrected chi connectivity index (χ0v) is 15.1. The van der Waals surface area contributed by atoms with Crippen LogP contribution in [0.4, 0.5) is 0 Å². The van der Waals surface area contributed by atoms with Crippen LogP contribution in [0.5, 0.6) is 5.75 Å². The normalized spacial score (nSPS) is 16.6. The summed E-state index contributed by atoms with van der Waals surface area (Å²) in [7, 11) is 0. The SMILES string of the molecule is O=C(O)/C=C(\C(=O)O)c1nc2c([nH]1)CCC(C(=O)c1c[nH]c3ccc(O)cc13)C2. The summed E-state index contributed by atoms with van der Waals surface area (Å²) in [4.78, 5) is 45.5. The van der Waals surface area contributed by atoms with Gasteiger partial charge in [0.05, 0.1) is 5.69 Å². The molecule has 0 bridgehead atoms. The lowest BCUT2D eigenvalue weighted by Crippen LogP contribution is -2.22. The maximum atomic E-state index is 13.1. The number of nitrogens with one attached hydrogen (secondary N) is 2. The van der Waals surface area contributed by atoms with Crippen molar-refractivity contribution in [3.05, 3.63) is 53.2 Å². The summed E-state index contributed by atoms with van der Waals surface area (Å²) in [5, 5.41) is 28.5.